The second kappa shape index (κ2) is 4.29. The van der Waals surface area contributed by atoms with Gasteiger partial charge in [0.2, 0.25) is 0 Å². The number of rotatable bonds is 2. The van der Waals surface area contributed by atoms with Crippen LogP contribution in [0.3, 0.4) is 0 Å². The highest BCUT2D eigenvalue weighted by Gasteiger charge is 2.05. The highest BCUT2D eigenvalue weighted by Crippen LogP contribution is 2.09. The van der Waals surface area contributed by atoms with Gasteiger partial charge in [0.15, 0.2) is 0 Å². The van der Waals surface area contributed by atoms with Crippen LogP contribution in [0.2, 0.25) is 0 Å². The van der Waals surface area contributed by atoms with Crippen molar-refractivity contribution < 1.29 is 4.74 Å². The summed E-state index contributed by atoms with van der Waals surface area (Å²) < 4.78 is 5.43. The molecule has 1 atom stereocenters. The monoisotopic (exact) mass is 153 g/mol. The van der Waals surface area contributed by atoms with Crippen LogP contribution in [-0.2, 0) is 4.74 Å². The highest BCUT2D eigenvalue weighted by molar-refractivity contribution is 5.64. The Morgan fingerprint density at radius 3 is 3.27 bits per heavy atom. The lowest BCUT2D eigenvalue weighted by atomic mass is 10.2. The van der Waals surface area contributed by atoms with E-state index >= 15 is 0 Å². The van der Waals surface area contributed by atoms with E-state index in [1.165, 1.54) is 0 Å². The summed E-state index contributed by atoms with van der Waals surface area (Å²) >= 11 is 0. The summed E-state index contributed by atoms with van der Waals surface area (Å²) in [4.78, 5) is 4.23. The zero-order valence-electron chi connectivity index (χ0n) is 7.21. The number of ether oxygens (including phenoxy) is 1. The van der Waals surface area contributed by atoms with E-state index in [4.69, 9.17) is 4.74 Å². The lowest BCUT2D eigenvalue weighted by Gasteiger charge is -2.08. The van der Waals surface area contributed by atoms with E-state index in [2.05, 4.69) is 11.1 Å². The molecule has 0 amide bonds. The number of hydrogen-bond acceptors (Lipinski definition) is 2. The molecular weight excluding hydrogens is 138 g/mol. The van der Waals surface area contributed by atoms with Gasteiger partial charge < -0.3 is 4.74 Å². The summed E-state index contributed by atoms with van der Waals surface area (Å²) in [5.74, 6) is 0. The van der Waals surface area contributed by atoms with Crippen LogP contribution in [0, 0.1) is 0 Å². The van der Waals surface area contributed by atoms with Gasteiger partial charge in [-0.2, -0.15) is 0 Å². The molecule has 0 N–H and O–H groups in total. The third kappa shape index (κ3) is 2.85. The Kier molecular flexibility index (Phi) is 3.30. The van der Waals surface area contributed by atoms with Gasteiger partial charge in [-0.25, -0.2) is 0 Å². The van der Waals surface area contributed by atoms with Crippen molar-refractivity contribution in [3.05, 3.63) is 11.8 Å². The molecule has 1 aliphatic rings. The Hall–Kier alpha value is -0.630. The lowest BCUT2D eigenvalue weighted by molar-refractivity contribution is 0.108. The van der Waals surface area contributed by atoms with Crippen molar-refractivity contribution in [2.24, 2.45) is 4.99 Å². The van der Waals surface area contributed by atoms with Gasteiger partial charge in [0.1, 0.15) is 0 Å². The van der Waals surface area contributed by atoms with Crippen molar-refractivity contribution in [2.45, 2.75) is 32.8 Å². The van der Waals surface area contributed by atoms with E-state index < -0.39 is 0 Å². The van der Waals surface area contributed by atoms with Gasteiger partial charge in [-0.3, -0.25) is 4.99 Å². The quantitative estimate of drug-likeness (QED) is 0.595. The minimum Gasteiger partial charge on any atom is -0.373 e. The van der Waals surface area contributed by atoms with Gasteiger partial charge in [-0.05, 0) is 26.7 Å². The van der Waals surface area contributed by atoms with E-state index in [1.54, 1.807) is 0 Å². The summed E-state index contributed by atoms with van der Waals surface area (Å²) in [6.07, 6.45) is 6.43. The second-order valence-corrected chi connectivity index (χ2v) is 2.69. The Morgan fingerprint density at radius 2 is 2.55 bits per heavy atom. The Labute approximate surface area is 68.0 Å². The molecule has 0 aromatic carbocycles. The molecule has 11 heavy (non-hydrogen) atoms. The van der Waals surface area contributed by atoms with Crippen molar-refractivity contribution in [3.63, 3.8) is 0 Å². The van der Waals surface area contributed by atoms with Crippen molar-refractivity contribution in [1.82, 2.24) is 0 Å². The van der Waals surface area contributed by atoms with Crippen molar-refractivity contribution >= 4 is 6.21 Å². The van der Waals surface area contributed by atoms with Crippen molar-refractivity contribution in [2.75, 3.05) is 6.61 Å². The molecule has 0 saturated heterocycles. The minimum atomic E-state index is 0.230. The molecule has 0 aromatic rings. The molecule has 0 aliphatic carbocycles. The lowest BCUT2D eigenvalue weighted by Crippen LogP contribution is -2.13. The van der Waals surface area contributed by atoms with Gasteiger partial charge in [0.05, 0.1) is 6.10 Å². The fourth-order valence-corrected chi connectivity index (χ4v) is 1.12. The highest BCUT2D eigenvalue weighted by atomic mass is 16.5. The Morgan fingerprint density at radius 1 is 1.73 bits per heavy atom. The van der Waals surface area contributed by atoms with Crippen LogP contribution >= 0.6 is 0 Å². The predicted octanol–water partition coefficient (Wildman–Crippen LogP) is 2.16. The second-order valence-electron chi connectivity index (χ2n) is 2.69. The molecule has 1 rings (SSSR count). The fraction of sp³-hybridized carbons (Fsp3) is 0.667. The normalized spacial score (nSPS) is 24.5. The predicted molar refractivity (Wildman–Crippen MR) is 46.9 cm³/mol. The number of aliphatic imine (C=N–C) groups is 1. The first-order chi connectivity index (χ1) is 5.33. The smallest absolute Gasteiger partial charge is 0.0928 e. The van der Waals surface area contributed by atoms with E-state index in [0.717, 1.165) is 25.1 Å². The molecule has 0 radical (unpaired) electrons. The summed E-state index contributed by atoms with van der Waals surface area (Å²) in [7, 11) is 0. The van der Waals surface area contributed by atoms with Crippen LogP contribution in [0.4, 0.5) is 0 Å². The van der Waals surface area contributed by atoms with E-state index in [1.807, 2.05) is 20.1 Å². The summed E-state index contributed by atoms with van der Waals surface area (Å²) in [5.41, 5.74) is 1.10. The first kappa shape index (κ1) is 8.47. The summed E-state index contributed by atoms with van der Waals surface area (Å²) in [6.45, 7) is 4.81. The molecular formula is C9H15NO. The summed E-state index contributed by atoms with van der Waals surface area (Å²) in [5, 5.41) is 0. The van der Waals surface area contributed by atoms with E-state index in [9.17, 15) is 0 Å². The van der Waals surface area contributed by atoms with E-state index in [-0.39, 0.29) is 6.10 Å². The SMILES string of the molecule is CCOC1C=NC(C)=CCC1. The van der Waals surface area contributed by atoms with E-state index in [0.29, 0.717) is 0 Å². The average molecular weight is 153 g/mol. The zero-order valence-corrected chi connectivity index (χ0v) is 7.21. The number of hydrogen-bond donors (Lipinski definition) is 0. The molecule has 1 heterocycles. The van der Waals surface area contributed by atoms with Crippen LogP contribution in [-0.4, -0.2) is 18.9 Å². The van der Waals surface area contributed by atoms with Gasteiger partial charge in [-0.15, -0.1) is 0 Å². The molecule has 0 aromatic heterocycles. The maximum atomic E-state index is 5.43. The first-order valence-corrected chi connectivity index (χ1v) is 4.15. The molecule has 0 bridgehead atoms. The molecule has 2 nitrogen and oxygen atoms in total. The Balaban J connectivity index is 2.44. The standard InChI is InChI=1S/C9H15NO/c1-3-11-9-6-4-5-8(2)10-7-9/h5,7,9H,3-4,6H2,1-2H3. The maximum Gasteiger partial charge on any atom is 0.0928 e. The minimum absolute atomic E-state index is 0.230. The third-order valence-corrected chi connectivity index (χ3v) is 1.72. The molecule has 62 valence electrons. The van der Waals surface area contributed by atoms with Gasteiger partial charge in [-0.1, -0.05) is 6.08 Å². The molecule has 0 saturated carbocycles. The fourth-order valence-electron chi connectivity index (χ4n) is 1.12. The molecule has 2 heteroatoms. The molecule has 1 aliphatic heterocycles. The summed E-state index contributed by atoms with van der Waals surface area (Å²) in [6, 6.07) is 0. The van der Waals surface area contributed by atoms with Gasteiger partial charge in [0.25, 0.3) is 0 Å². The largest absolute Gasteiger partial charge is 0.373 e. The first-order valence-electron chi connectivity index (χ1n) is 4.15. The zero-order chi connectivity index (χ0) is 8.10. The molecule has 0 spiro atoms. The molecule has 0 fully saturated rings. The van der Waals surface area contributed by atoms with Gasteiger partial charge >= 0.3 is 0 Å². The third-order valence-electron chi connectivity index (χ3n) is 1.72. The van der Waals surface area contributed by atoms with Crippen molar-refractivity contribution in [3.8, 4) is 0 Å². The van der Waals surface area contributed by atoms with Crippen LogP contribution in [0.25, 0.3) is 0 Å². The van der Waals surface area contributed by atoms with Gasteiger partial charge in [0, 0.05) is 18.5 Å². The van der Waals surface area contributed by atoms with Crippen LogP contribution in [0.1, 0.15) is 26.7 Å². The van der Waals surface area contributed by atoms with Crippen molar-refractivity contribution in [1.29, 1.82) is 0 Å². The maximum absolute atomic E-state index is 5.43. The van der Waals surface area contributed by atoms with Crippen LogP contribution in [0.15, 0.2) is 16.8 Å². The van der Waals surface area contributed by atoms with Crippen LogP contribution < -0.4 is 0 Å². The Bertz CT molecular complexity index is 172. The average Bonchev–Trinajstić information content (AvgIpc) is 2.17. The number of allylic oxidation sites excluding steroid dienone is 2. The van der Waals surface area contributed by atoms with Crippen LogP contribution in [0.5, 0.6) is 0 Å². The number of nitrogens with zero attached hydrogens (tertiary/aromatic N) is 1. The molecule has 1 unspecified atom stereocenters. The topological polar surface area (TPSA) is 21.6 Å².